The predicted molar refractivity (Wildman–Crippen MR) is 66.5 cm³/mol. The second-order valence-electron chi connectivity index (χ2n) is 2.63. The third kappa shape index (κ3) is 3.08. The molecule has 1 N–H and O–H groups in total. The number of rotatable bonds is 0. The van der Waals surface area contributed by atoms with E-state index in [1.54, 1.807) is 6.34 Å². The van der Waals surface area contributed by atoms with Gasteiger partial charge in [-0.3, -0.25) is 4.99 Å². The standard InChI is InChI=1S/C7H10N4.2C2H6/c1-5-10-6-3-8-4-9-7(6)11(5)2;2*1-2/h4H,3H2,1-2H3,(H,8,9);2*1-2H3. The number of nitrogens with one attached hydrogen (secondary N) is 1. The fourth-order valence-electron chi connectivity index (χ4n) is 1.21. The van der Waals surface area contributed by atoms with Crippen molar-refractivity contribution in [2.45, 2.75) is 41.2 Å². The molecule has 0 amide bonds. The molecule has 0 unspecified atom stereocenters. The van der Waals surface area contributed by atoms with Crippen LogP contribution in [0.3, 0.4) is 0 Å². The number of aliphatic imine (C=N–C) groups is 1. The van der Waals surface area contributed by atoms with Gasteiger partial charge in [-0.1, -0.05) is 27.7 Å². The molecule has 1 aromatic rings. The van der Waals surface area contributed by atoms with Crippen LogP contribution in [-0.4, -0.2) is 15.9 Å². The van der Waals surface area contributed by atoms with E-state index in [-0.39, 0.29) is 0 Å². The topological polar surface area (TPSA) is 42.2 Å². The molecule has 0 fully saturated rings. The lowest BCUT2D eigenvalue weighted by Gasteiger charge is -2.07. The molecule has 0 saturated carbocycles. The average molecular weight is 210 g/mol. The summed E-state index contributed by atoms with van der Waals surface area (Å²) in [6.07, 6.45) is 1.71. The molecule has 0 aromatic carbocycles. The average Bonchev–Trinajstić information content (AvgIpc) is 2.61. The minimum Gasteiger partial charge on any atom is -0.331 e. The molecule has 1 aliphatic heterocycles. The summed E-state index contributed by atoms with van der Waals surface area (Å²) in [6.45, 7) is 10.7. The highest BCUT2D eigenvalue weighted by atomic mass is 15.2. The maximum atomic E-state index is 4.34. The van der Waals surface area contributed by atoms with Crippen molar-refractivity contribution in [2.24, 2.45) is 12.0 Å². The molecule has 0 saturated heterocycles. The Hall–Kier alpha value is -1.32. The van der Waals surface area contributed by atoms with Gasteiger partial charge in [0, 0.05) is 7.05 Å². The van der Waals surface area contributed by atoms with Gasteiger partial charge >= 0.3 is 0 Å². The normalized spacial score (nSPS) is 11.3. The minimum absolute atomic E-state index is 0.698. The highest BCUT2D eigenvalue weighted by Gasteiger charge is 2.12. The van der Waals surface area contributed by atoms with E-state index in [1.165, 1.54) is 0 Å². The number of nitrogens with zero attached hydrogens (tertiary/aromatic N) is 3. The van der Waals surface area contributed by atoms with Gasteiger partial charge in [0.1, 0.15) is 17.3 Å². The van der Waals surface area contributed by atoms with Crippen LogP contribution in [0, 0.1) is 6.92 Å². The second-order valence-corrected chi connectivity index (χ2v) is 2.63. The molecule has 4 heteroatoms. The van der Waals surface area contributed by atoms with Crippen molar-refractivity contribution < 1.29 is 0 Å². The molecule has 15 heavy (non-hydrogen) atoms. The van der Waals surface area contributed by atoms with Crippen LogP contribution in [0.2, 0.25) is 0 Å². The maximum absolute atomic E-state index is 4.34. The largest absolute Gasteiger partial charge is 0.331 e. The van der Waals surface area contributed by atoms with E-state index in [0.29, 0.717) is 6.54 Å². The molecule has 86 valence electrons. The Morgan fingerprint density at radius 3 is 2.40 bits per heavy atom. The molecule has 1 aliphatic rings. The summed E-state index contributed by atoms with van der Waals surface area (Å²) in [4.78, 5) is 8.40. The van der Waals surface area contributed by atoms with E-state index < -0.39 is 0 Å². The number of aromatic nitrogens is 2. The molecule has 0 spiro atoms. The summed E-state index contributed by atoms with van der Waals surface area (Å²) in [5, 5.41) is 3.06. The number of imidazole rings is 1. The highest BCUT2D eigenvalue weighted by molar-refractivity contribution is 5.77. The zero-order chi connectivity index (χ0) is 11.8. The van der Waals surface area contributed by atoms with Gasteiger partial charge in [0.2, 0.25) is 0 Å². The summed E-state index contributed by atoms with van der Waals surface area (Å²) in [5.74, 6) is 2.09. The summed E-state index contributed by atoms with van der Waals surface area (Å²) in [5.41, 5.74) is 1.03. The van der Waals surface area contributed by atoms with Gasteiger partial charge in [0.05, 0.1) is 12.9 Å². The van der Waals surface area contributed by atoms with Gasteiger partial charge in [-0.15, -0.1) is 0 Å². The fourth-order valence-corrected chi connectivity index (χ4v) is 1.21. The van der Waals surface area contributed by atoms with Gasteiger partial charge in [-0.2, -0.15) is 0 Å². The highest BCUT2D eigenvalue weighted by Crippen LogP contribution is 2.18. The van der Waals surface area contributed by atoms with Crippen LogP contribution in [0.5, 0.6) is 0 Å². The van der Waals surface area contributed by atoms with Crippen LogP contribution in [-0.2, 0) is 13.6 Å². The van der Waals surface area contributed by atoms with Crippen LogP contribution in [0.15, 0.2) is 4.99 Å². The number of aryl methyl sites for hydroxylation is 1. The Morgan fingerprint density at radius 2 is 1.87 bits per heavy atom. The second kappa shape index (κ2) is 7.04. The van der Waals surface area contributed by atoms with E-state index in [4.69, 9.17) is 0 Å². The summed E-state index contributed by atoms with van der Waals surface area (Å²) in [6, 6.07) is 0. The van der Waals surface area contributed by atoms with Crippen molar-refractivity contribution in [2.75, 3.05) is 5.32 Å². The first kappa shape index (κ1) is 13.7. The lowest BCUT2D eigenvalue weighted by Crippen LogP contribution is -2.07. The van der Waals surface area contributed by atoms with Crippen molar-refractivity contribution in [3.05, 3.63) is 11.5 Å². The third-order valence-electron chi connectivity index (χ3n) is 1.92. The van der Waals surface area contributed by atoms with Crippen molar-refractivity contribution in [3.63, 3.8) is 0 Å². The van der Waals surface area contributed by atoms with E-state index in [1.807, 2.05) is 46.2 Å². The monoisotopic (exact) mass is 210 g/mol. The van der Waals surface area contributed by atoms with Crippen LogP contribution < -0.4 is 5.32 Å². The fraction of sp³-hybridized carbons (Fsp3) is 0.636. The Labute approximate surface area is 92.4 Å². The first-order chi connectivity index (χ1) is 7.29. The minimum atomic E-state index is 0.698. The zero-order valence-corrected chi connectivity index (χ0v) is 10.6. The summed E-state index contributed by atoms with van der Waals surface area (Å²) >= 11 is 0. The van der Waals surface area contributed by atoms with E-state index in [0.717, 1.165) is 17.3 Å². The van der Waals surface area contributed by atoms with Crippen molar-refractivity contribution in [1.29, 1.82) is 0 Å². The first-order valence-electron chi connectivity index (χ1n) is 5.56. The predicted octanol–water partition coefficient (Wildman–Crippen LogP) is 2.73. The van der Waals surface area contributed by atoms with E-state index in [2.05, 4.69) is 15.3 Å². The quantitative estimate of drug-likeness (QED) is 0.715. The lowest BCUT2D eigenvalue weighted by molar-refractivity contribution is 0.867. The molecule has 0 bridgehead atoms. The molecular weight excluding hydrogens is 188 g/mol. The Morgan fingerprint density at radius 1 is 1.27 bits per heavy atom. The first-order valence-corrected chi connectivity index (χ1v) is 5.56. The molecule has 0 atom stereocenters. The van der Waals surface area contributed by atoms with Crippen molar-refractivity contribution in [1.82, 2.24) is 9.55 Å². The van der Waals surface area contributed by atoms with Crippen LogP contribution in [0.4, 0.5) is 5.82 Å². The van der Waals surface area contributed by atoms with Gasteiger partial charge < -0.3 is 9.88 Å². The number of fused-ring (bicyclic) bond motifs is 1. The molecule has 0 radical (unpaired) electrons. The summed E-state index contributed by atoms with van der Waals surface area (Å²) < 4.78 is 2.03. The van der Waals surface area contributed by atoms with Gasteiger partial charge in [0.15, 0.2) is 0 Å². The Bertz CT molecular complexity index is 313. The number of hydrogen-bond donors (Lipinski definition) is 1. The number of anilines is 1. The molecule has 4 nitrogen and oxygen atoms in total. The lowest BCUT2D eigenvalue weighted by atomic mass is 10.4. The van der Waals surface area contributed by atoms with Gasteiger partial charge in [0.25, 0.3) is 0 Å². The smallest absolute Gasteiger partial charge is 0.136 e. The maximum Gasteiger partial charge on any atom is 0.136 e. The van der Waals surface area contributed by atoms with Crippen LogP contribution >= 0.6 is 0 Å². The van der Waals surface area contributed by atoms with E-state index >= 15 is 0 Å². The third-order valence-corrected chi connectivity index (χ3v) is 1.92. The number of hydrogen-bond acceptors (Lipinski definition) is 3. The van der Waals surface area contributed by atoms with Crippen molar-refractivity contribution in [3.8, 4) is 0 Å². The zero-order valence-electron chi connectivity index (χ0n) is 10.6. The Balaban J connectivity index is 0.000000442. The van der Waals surface area contributed by atoms with Crippen molar-refractivity contribution >= 4 is 12.2 Å². The SMILES string of the molecule is CC.CC.Cc1nc2c(n1C)NC=NC2. The Kier molecular flexibility index (Phi) is 6.42. The van der Waals surface area contributed by atoms with Crippen LogP contribution in [0.25, 0.3) is 0 Å². The molecular formula is C11H22N4. The van der Waals surface area contributed by atoms with Gasteiger partial charge in [-0.05, 0) is 6.92 Å². The molecule has 2 heterocycles. The summed E-state index contributed by atoms with van der Waals surface area (Å²) in [7, 11) is 1.99. The van der Waals surface area contributed by atoms with Crippen LogP contribution in [0.1, 0.15) is 39.2 Å². The molecule has 1 aromatic heterocycles. The molecule has 2 rings (SSSR count). The van der Waals surface area contributed by atoms with Gasteiger partial charge in [-0.25, -0.2) is 4.98 Å². The van der Waals surface area contributed by atoms with E-state index in [9.17, 15) is 0 Å². The molecule has 0 aliphatic carbocycles.